The Hall–Kier alpha value is -1.38. The summed E-state index contributed by atoms with van der Waals surface area (Å²) in [5, 5.41) is 3.91. The van der Waals surface area contributed by atoms with Crippen LogP contribution in [-0.4, -0.2) is 7.05 Å². The Morgan fingerprint density at radius 1 is 1.11 bits per heavy atom. The molecule has 0 fully saturated rings. The molecular formula is C15H15ClFN. The highest BCUT2D eigenvalue weighted by molar-refractivity contribution is 6.30. The molecule has 0 saturated heterocycles. The fourth-order valence-corrected chi connectivity index (χ4v) is 2.09. The number of halogens is 2. The van der Waals surface area contributed by atoms with E-state index in [9.17, 15) is 4.39 Å². The van der Waals surface area contributed by atoms with E-state index in [0.717, 1.165) is 5.56 Å². The van der Waals surface area contributed by atoms with Crippen molar-refractivity contribution in [2.45, 2.75) is 12.5 Å². The van der Waals surface area contributed by atoms with E-state index < -0.39 is 0 Å². The first-order valence-electron chi connectivity index (χ1n) is 5.87. The molecule has 1 atom stereocenters. The van der Waals surface area contributed by atoms with Crippen molar-refractivity contribution in [2.24, 2.45) is 0 Å². The second kappa shape index (κ2) is 5.98. The van der Waals surface area contributed by atoms with Gasteiger partial charge in [0.25, 0.3) is 0 Å². The summed E-state index contributed by atoms with van der Waals surface area (Å²) in [5.74, 6) is -0.160. The van der Waals surface area contributed by atoms with Crippen LogP contribution in [0.2, 0.25) is 5.02 Å². The topological polar surface area (TPSA) is 12.0 Å². The average Bonchev–Trinajstić information content (AvgIpc) is 2.39. The summed E-state index contributed by atoms with van der Waals surface area (Å²) in [6.45, 7) is 0. The predicted octanol–water partition coefficient (Wildman–Crippen LogP) is 3.98. The molecule has 1 unspecified atom stereocenters. The zero-order valence-corrected chi connectivity index (χ0v) is 10.9. The summed E-state index contributed by atoms with van der Waals surface area (Å²) in [6, 6.07) is 14.6. The van der Waals surface area contributed by atoms with Crippen molar-refractivity contribution >= 4 is 11.6 Å². The van der Waals surface area contributed by atoms with Crippen molar-refractivity contribution in [3.8, 4) is 0 Å². The SMILES string of the molecule is CNC(Cc1ccccc1F)c1ccc(Cl)cc1. The third-order valence-electron chi connectivity index (χ3n) is 3.00. The smallest absolute Gasteiger partial charge is 0.126 e. The molecule has 0 aliphatic rings. The van der Waals surface area contributed by atoms with E-state index in [1.807, 2.05) is 43.4 Å². The van der Waals surface area contributed by atoms with Crippen LogP contribution < -0.4 is 5.32 Å². The van der Waals surface area contributed by atoms with Crippen LogP contribution in [0.4, 0.5) is 4.39 Å². The van der Waals surface area contributed by atoms with Crippen molar-refractivity contribution in [3.63, 3.8) is 0 Å². The molecule has 1 nitrogen and oxygen atoms in total. The lowest BCUT2D eigenvalue weighted by molar-refractivity contribution is 0.554. The molecule has 2 rings (SSSR count). The van der Waals surface area contributed by atoms with E-state index in [-0.39, 0.29) is 11.9 Å². The second-order valence-corrected chi connectivity index (χ2v) is 4.62. The molecule has 0 heterocycles. The van der Waals surface area contributed by atoms with Crippen LogP contribution in [0.25, 0.3) is 0 Å². The quantitative estimate of drug-likeness (QED) is 0.880. The van der Waals surface area contributed by atoms with Crippen LogP contribution in [0, 0.1) is 5.82 Å². The summed E-state index contributed by atoms with van der Waals surface area (Å²) in [5.41, 5.74) is 1.82. The highest BCUT2D eigenvalue weighted by Gasteiger charge is 2.12. The Morgan fingerprint density at radius 2 is 1.78 bits per heavy atom. The number of benzene rings is 2. The lowest BCUT2D eigenvalue weighted by Gasteiger charge is -2.17. The molecular weight excluding hydrogens is 249 g/mol. The molecule has 0 amide bonds. The van der Waals surface area contributed by atoms with Gasteiger partial charge in [-0.2, -0.15) is 0 Å². The van der Waals surface area contributed by atoms with Gasteiger partial charge in [0, 0.05) is 11.1 Å². The standard InChI is InChI=1S/C15H15ClFN/c1-18-15(11-6-8-13(16)9-7-11)10-12-4-2-3-5-14(12)17/h2-9,15,18H,10H2,1H3. The van der Waals surface area contributed by atoms with Crippen LogP contribution in [0.15, 0.2) is 48.5 Å². The minimum absolute atomic E-state index is 0.0826. The normalized spacial score (nSPS) is 12.4. The van der Waals surface area contributed by atoms with Crippen molar-refractivity contribution in [1.29, 1.82) is 0 Å². The molecule has 0 bridgehead atoms. The molecule has 2 aromatic carbocycles. The number of likely N-dealkylation sites (N-methyl/N-ethyl adjacent to an activating group) is 1. The number of hydrogen-bond donors (Lipinski definition) is 1. The van der Waals surface area contributed by atoms with Crippen LogP contribution in [0.3, 0.4) is 0 Å². The maximum absolute atomic E-state index is 13.6. The molecule has 0 aliphatic heterocycles. The van der Waals surface area contributed by atoms with Crippen molar-refractivity contribution in [2.75, 3.05) is 7.05 Å². The van der Waals surface area contributed by atoms with Gasteiger partial charge in [-0.05, 0) is 42.8 Å². The molecule has 18 heavy (non-hydrogen) atoms. The molecule has 0 spiro atoms. The van der Waals surface area contributed by atoms with E-state index in [4.69, 9.17) is 11.6 Å². The monoisotopic (exact) mass is 263 g/mol. The first-order valence-corrected chi connectivity index (χ1v) is 6.24. The molecule has 3 heteroatoms. The first kappa shape index (κ1) is 13.1. The third-order valence-corrected chi connectivity index (χ3v) is 3.25. The van der Waals surface area contributed by atoms with Crippen molar-refractivity contribution < 1.29 is 4.39 Å². The predicted molar refractivity (Wildman–Crippen MR) is 73.4 cm³/mol. The van der Waals surface area contributed by atoms with E-state index in [2.05, 4.69) is 5.32 Å². The van der Waals surface area contributed by atoms with E-state index in [0.29, 0.717) is 17.0 Å². The highest BCUT2D eigenvalue weighted by Crippen LogP contribution is 2.21. The highest BCUT2D eigenvalue weighted by atomic mass is 35.5. The maximum atomic E-state index is 13.6. The summed E-state index contributed by atoms with van der Waals surface area (Å²) in [4.78, 5) is 0. The molecule has 0 aliphatic carbocycles. The van der Waals surface area contributed by atoms with Crippen molar-refractivity contribution in [3.05, 3.63) is 70.5 Å². The molecule has 0 saturated carbocycles. The van der Waals surface area contributed by atoms with Gasteiger partial charge in [0.15, 0.2) is 0 Å². The molecule has 2 aromatic rings. The van der Waals surface area contributed by atoms with Crippen molar-refractivity contribution in [1.82, 2.24) is 5.32 Å². The van der Waals surface area contributed by atoms with Gasteiger partial charge in [0.05, 0.1) is 0 Å². The number of hydrogen-bond acceptors (Lipinski definition) is 1. The second-order valence-electron chi connectivity index (χ2n) is 4.19. The minimum Gasteiger partial charge on any atom is -0.313 e. The van der Waals surface area contributed by atoms with Gasteiger partial charge in [-0.25, -0.2) is 4.39 Å². The van der Waals surface area contributed by atoms with Crippen LogP contribution in [0.1, 0.15) is 17.2 Å². The van der Waals surface area contributed by atoms with Crippen LogP contribution in [0.5, 0.6) is 0 Å². The van der Waals surface area contributed by atoms with Gasteiger partial charge in [-0.3, -0.25) is 0 Å². The zero-order chi connectivity index (χ0) is 13.0. The lowest BCUT2D eigenvalue weighted by Crippen LogP contribution is -2.19. The van der Waals surface area contributed by atoms with Gasteiger partial charge >= 0.3 is 0 Å². The molecule has 1 N–H and O–H groups in total. The fourth-order valence-electron chi connectivity index (χ4n) is 1.97. The molecule has 0 radical (unpaired) electrons. The Morgan fingerprint density at radius 3 is 2.39 bits per heavy atom. The van der Waals surface area contributed by atoms with Gasteiger partial charge in [0.1, 0.15) is 5.82 Å². The average molecular weight is 264 g/mol. The summed E-state index contributed by atoms with van der Waals surface area (Å²) in [6.07, 6.45) is 0.616. The van der Waals surface area contributed by atoms with Gasteiger partial charge in [0.2, 0.25) is 0 Å². The van der Waals surface area contributed by atoms with E-state index >= 15 is 0 Å². The Balaban J connectivity index is 2.20. The number of rotatable bonds is 4. The van der Waals surface area contributed by atoms with E-state index in [1.165, 1.54) is 6.07 Å². The Bertz CT molecular complexity index is 510. The van der Waals surface area contributed by atoms with Gasteiger partial charge in [-0.1, -0.05) is 41.9 Å². The summed E-state index contributed by atoms with van der Waals surface area (Å²) in [7, 11) is 1.88. The minimum atomic E-state index is -0.160. The largest absolute Gasteiger partial charge is 0.313 e. The third kappa shape index (κ3) is 3.09. The van der Waals surface area contributed by atoms with E-state index in [1.54, 1.807) is 6.07 Å². The Kier molecular flexibility index (Phi) is 4.34. The lowest BCUT2D eigenvalue weighted by atomic mass is 9.99. The van der Waals surface area contributed by atoms with Gasteiger partial charge < -0.3 is 5.32 Å². The molecule has 0 aromatic heterocycles. The molecule has 94 valence electrons. The van der Waals surface area contributed by atoms with Crippen LogP contribution >= 0.6 is 11.6 Å². The number of nitrogens with one attached hydrogen (secondary N) is 1. The van der Waals surface area contributed by atoms with Crippen LogP contribution in [-0.2, 0) is 6.42 Å². The maximum Gasteiger partial charge on any atom is 0.126 e. The van der Waals surface area contributed by atoms with Gasteiger partial charge in [-0.15, -0.1) is 0 Å². The first-order chi connectivity index (χ1) is 8.70. The summed E-state index contributed by atoms with van der Waals surface area (Å²) < 4.78 is 13.6. The fraction of sp³-hybridized carbons (Fsp3) is 0.200. The summed E-state index contributed by atoms with van der Waals surface area (Å²) >= 11 is 5.86. The zero-order valence-electron chi connectivity index (χ0n) is 10.2. The Labute approximate surface area is 112 Å².